The van der Waals surface area contributed by atoms with Crippen LogP contribution in [-0.2, 0) is 0 Å². The van der Waals surface area contributed by atoms with Crippen molar-refractivity contribution in [2.75, 3.05) is 0 Å². The van der Waals surface area contributed by atoms with Gasteiger partial charge < -0.3 is 9.13 Å². The third kappa shape index (κ3) is 5.28. The highest BCUT2D eigenvalue weighted by atomic mass is 15.0. The number of aromatic nitrogens is 2. The molecule has 0 unspecified atom stereocenters. The maximum Gasteiger partial charge on any atom is 0.0541 e. The van der Waals surface area contributed by atoms with Crippen molar-refractivity contribution in [1.29, 1.82) is 0 Å². The van der Waals surface area contributed by atoms with E-state index in [2.05, 4.69) is 240 Å². The lowest BCUT2D eigenvalue weighted by Gasteiger charge is -2.24. The second-order valence-electron chi connectivity index (χ2n) is 15.6. The van der Waals surface area contributed by atoms with Crippen LogP contribution >= 0.6 is 0 Å². The highest BCUT2D eigenvalue weighted by Crippen LogP contribution is 2.51. The van der Waals surface area contributed by atoms with Crippen molar-refractivity contribution >= 4 is 54.4 Å². The van der Waals surface area contributed by atoms with Crippen LogP contribution in [-0.4, -0.2) is 9.13 Å². The lowest BCUT2D eigenvalue weighted by molar-refractivity contribution is 1.18. The molecule has 12 rings (SSSR count). The summed E-state index contributed by atoms with van der Waals surface area (Å²) in [5.41, 5.74) is 16.7. The number of para-hydroxylation sites is 4. The topological polar surface area (TPSA) is 9.86 Å². The van der Waals surface area contributed by atoms with Crippen molar-refractivity contribution < 1.29 is 0 Å². The second-order valence-corrected chi connectivity index (χ2v) is 15.6. The first-order chi connectivity index (χ1) is 29.8. The Hall–Kier alpha value is -7.94. The highest BCUT2D eigenvalue weighted by molar-refractivity contribution is 6.18. The van der Waals surface area contributed by atoms with Gasteiger partial charge in [-0.05, 0) is 104 Å². The van der Waals surface area contributed by atoms with Gasteiger partial charge in [-0.1, -0.05) is 182 Å². The summed E-state index contributed by atoms with van der Waals surface area (Å²) in [4.78, 5) is 0. The van der Waals surface area contributed by atoms with Gasteiger partial charge in [-0.2, -0.15) is 0 Å². The molecule has 0 saturated carbocycles. The molecule has 12 aromatic rings. The van der Waals surface area contributed by atoms with Crippen LogP contribution in [0.25, 0.3) is 110 Å². The van der Waals surface area contributed by atoms with Gasteiger partial charge in [-0.15, -0.1) is 0 Å². The number of benzene rings is 10. The van der Waals surface area contributed by atoms with Crippen LogP contribution in [0.5, 0.6) is 0 Å². The van der Waals surface area contributed by atoms with Crippen molar-refractivity contribution in [2.24, 2.45) is 0 Å². The average molecular weight is 763 g/mol. The second kappa shape index (κ2) is 13.9. The Morgan fingerprint density at radius 3 is 0.750 bits per heavy atom. The first kappa shape index (κ1) is 34.1. The number of hydrogen-bond acceptors (Lipinski definition) is 0. The summed E-state index contributed by atoms with van der Waals surface area (Å²) in [6, 6.07) is 84.3. The van der Waals surface area contributed by atoms with Crippen LogP contribution < -0.4 is 0 Å². The van der Waals surface area contributed by atoms with Gasteiger partial charge in [0, 0.05) is 32.9 Å². The van der Waals surface area contributed by atoms with E-state index in [1.807, 2.05) is 0 Å². The number of rotatable bonds is 6. The smallest absolute Gasteiger partial charge is 0.0541 e. The molecule has 0 fully saturated rings. The van der Waals surface area contributed by atoms with Gasteiger partial charge in [0.1, 0.15) is 0 Å². The van der Waals surface area contributed by atoms with E-state index in [0.717, 1.165) is 11.4 Å². The van der Waals surface area contributed by atoms with E-state index in [0.29, 0.717) is 0 Å². The molecule has 0 atom stereocenters. The van der Waals surface area contributed by atoms with Crippen molar-refractivity contribution in [1.82, 2.24) is 9.13 Å². The normalized spacial score (nSPS) is 11.7. The van der Waals surface area contributed by atoms with Gasteiger partial charge in [0.15, 0.2) is 0 Å². The van der Waals surface area contributed by atoms with E-state index in [1.54, 1.807) is 0 Å². The Morgan fingerprint density at radius 1 is 0.183 bits per heavy atom. The largest absolute Gasteiger partial charge is 0.309 e. The Bertz CT molecular complexity index is 3210. The van der Waals surface area contributed by atoms with Crippen LogP contribution in [0.2, 0.25) is 0 Å². The molecular formula is C58H38N2. The fraction of sp³-hybridized carbons (Fsp3) is 0. The average Bonchev–Trinajstić information content (AvgIpc) is 3.85. The van der Waals surface area contributed by atoms with E-state index in [4.69, 9.17) is 0 Å². The molecule has 0 aliphatic carbocycles. The third-order valence-electron chi connectivity index (χ3n) is 12.3. The molecule has 0 amide bonds. The third-order valence-corrected chi connectivity index (χ3v) is 12.3. The number of hydrogen-bond donors (Lipinski definition) is 0. The molecule has 0 radical (unpaired) electrons. The van der Waals surface area contributed by atoms with Crippen LogP contribution in [0.1, 0.15) is 0 Å². The lowest BCUT2D eigenvalue weighted by atomic mass is 9.79. The fourth-order valence-corrected chi connectivity index (χ4v) is 9.78. The molecule has 280 valence electrons. The van der Waals surface area contributed by atoms with Crippen LogP contribution in [0.15, 0.2) is 231 Å². The monoisotopic (exact) mass is 762 g/mol. The standard InChI is InChI=1S/C58H38N2/c1-3-17-39(18-4-1)55-49-25-7-8-26-50(49)56(40-19-5-2-6-20-40)58(42-33-37-44(38-34-42)60-53-29-15-11-23-47(53)48-24-12-16-30-54(48)60)57(55)41-31-35-43(36-32-41)59-51-27-13-9-21-45(51)46-22-10-14-28-52(46)59/h1-38H. The van der Waals surface area contributed by atoms with E-state index in [9.17, 15) is 0 Å². The SMILES string of the molecule is c1ccc(-c2c(-c3ccc(-n4c5ccccc5c5ccccc54)cc3)c(-c3ccc(-n4c5ccccc5c5ccccc54)cc3)c(-c3ccccc3)c3ccccc23)cc1. The maximum absolute atomic E-state index is 2.40. The molecule has 0 spiro atoms. The van der Waals surface area contributed by atoms with Gasteiger partial charge in [-0.3, -0.25) is 0 Å². The molecule has 2 nitrogen and oxygen atoms in total. The zero-order valence-electron chi connectivity index (χ0n) is 32.8. The van der Waals surface area contributed by atoms with Crippen molar-refractivity contribution in [2.45, 2.75) is 0 Å². The van der Waals surface area contributed by atoms with Crippen molar-refractivity contribution in [3.8, 4) is 55.9 Å². The molecule has 0 N–H and O–H groups in total. The summed E-state index contributed by atoms with van der Waals surface area (Å²) in [5.74, 6) is 0. The summed E-state index contributed by atoms with van der Waals surface area (Å²) >= 11 is 0. The van der Waals surface area contributed by atoms with Crippen LogP contribution in [0, 0.1) is 0 Å². The molecule has 0 bridgehead atoms. The summed E-state index contributed by atoms with van der Waals surface area (Å²) in [6.45, 7) is 0. The van der Waals surface area contributed by atoms with Crippen molar-refractivity contribution in [3.05, 3.63) is 231 Å². The first-order valence-electron chi connectivity index (χ1n) is 20.7. The van der Waals surface area contributed by atoms with Crippen LogP contribution in [0.3, 0.4) is 0 Å². The van der Waals surface area contributed by atoms with E-state index in [-0.39, 0.29) is 0 Å². The maximum atomic E-state index is 2.40. The molecule has 10 aromatic carbocycles. The molecule has 2 aromatic heterocycles. The van der Waals surface area contributed by atoms with Gasteiger partial charge in [-0.25, -0.2) is 0 Å². The van der Waals surface area contributed by atoms with Gasteiger partial charge in [0.05, 0.1) is 22.1 Å². The minimum atomic E-state index is 1.14. The van der Waals surface area contributed by atoms with E-state index >= 15 is 0 Å². The quantitative estimate of drug-likeness (QED) is 0.160. The first-order valence-corrected chi connectivity index (χ1v) is 20.7. The molecular weight excluding hydrogens is 725 g/mol. The molecule has 0 aliphatic heterocycles. The molecule has 0 saturated heterocycles. The summed E-state index contributed by atoms with van der Waals surface area (Å²) < 4.78 is 4.80. The predicted octanol–water partition coefficient (Wildman–Crippen LogP) is 15.7. The van der Waals surface area contributed by atoms with Crippen molar-refractivity contribution in [3.63, 3.8) is 0 Å². The van der Waals surface area contributed by atoms with Gasteiger partial charge >= 0.3 is 0 Å². The Morgan fingerprint density at radius 2 is 0.433 bits per heavy atom. The Balaban J connectivity index is 1.14. The Kier molecular flexibility index (Phi) is 7.89. The number of fused-ring (bicyclic) bond motifs is 7. The fourth-order valence-electron chi connectivity index (χ4n) is 9.78. The lowest BCUT2D eigenvalue weighted by Crippen LogP contribution is -1.99. The minimum absolute atomic E-state index is 1.14. The minimum Gasteiger partial charge on any atom is -0.309 e. The molecule has 2 heterocycles. The summed E-state index contributed by atoms with van der Waals surface area (Å²) in [5, 5.41) is 7.51. The molecule has 2 heteroatoms. The van der Waals surface area contributed by atoms with Gasteiger partial charge in [0.25, 0.3) is 0 Å². The zero-order chi connectivity index (χ0) is 39.6. The van der Waals surface area contributed by atoms with E-state index in [1.165, 1.54) is 98.9 Å². The Labute approximate surface area is 348 Å². The number of nitrogens with zero attached hydrogens (tertiary/aromatic N) is 2. The molecule has 60 heavy (non-hydrogen) atoms. The molecule has 0 aliphatic rings. The van der Waals surface area contributed by atoms with Gasteiger partial charge in [0.2, 0.25) is 0 Å². The summed E-state index contributed by atoms with van der Waals surface area (Å²) in [7, 11) is 0. The highest BCUT2D eigenvalue weighted by Gasteiger charge is 2.24. The summed E-state index contributed by atoms with van der Waals surface area (Å²) in [6.07, 6.45) is 0. The zero-order valence-corrected chi connectivity index (χ0v) is 32.8. The van der Waals surface area contributed by atoms with E-state index < -0.39 is 0 Å². The van der Waals surface area contributed by atoms with Crippen LogP contribution in [0.4, 0.5) is 0 Å². The predicted molar refractivity (Wildman–Crippen MR) is 254 cm³/mol.